The minimum Gasteiger partial charge on any atom is -0.457 e. The Hall–Kier alpha value is -2.44. The van der Waals surface area contributed by atoms with Crippen molar-refractivity contribution < 1.29 is 14.3 Å². The maximum absolute atomic E-state index is 10.6. The number of nitrogens with zero attached hydrogens (tertiary/aromatic N) is 2. The Morgan fingerprint density at radius 1 is 1.13 bits per heavy atom. The molecule has 0 amide bonds. The second-order valence-electron chi connectivity index (χ2n) is 2.82. The lowest BCUT2D eigenvalue weighted by Gasteiger charge is -1.93. The highest BCUT2D eigenvalue weighted by Gasteiger charge is 2.21. The van der Waals surface area contributed by atoms with E-state index in [0.717, 1.165) is 6.07 Å². The van der Waals surface area contributed by atoms with Crippen molar-refractivity contribution in [1.82, 2.24) is 0 Å². The Labute approximate surface area is 82.2 Å². The van der Waals surface area contributed by atoms with Crippen LogP contribution in [0.1, 0.15) is 0 Å². The molecule has 0 spiro atoms. The molecule has 0 N–H and O–H groups in total. The summed E-state index contributed by atoms with van der Waals surface area (Å²) >= 11 is 0. The summed E-state index contributed by atoms with van der Waals surface area (Å²) in [7, 11) is 0. The number of fused-ring (bicyclic) bond motifs is 1. The molecule has 0 aliphatic heterocycles. The minimum atomic E-state index is -0.709. The van der Waals surface area contributed by atoms with E-state index < -0.39 is 15.5 Å². The van der Waals surface area contributed by atoms with Crippen LogP contribution in [0.3, 0.4) is 0 Å². The van der Waals surface area contributed by atoms with E-state index in [1.54, 1.807) is 0 Å². The van der Waals surface area contributed by atoms with Crippen LogP contribution in [0, 0.1) is 20.2 Å². The SMILES string of the molecule is O=[N+]([O-])c1cc([N+](=O)[O-])c2occc2c1. The number of hydrogen-bond donors (Lipinski definition) is 0. The van der Waals surface area contributed by atoms with Crippen molar-refractivity contribution in [3.05, 3.63) is 44.7 Å². The summed E-state index contributed by atoms with van der Waals surface area (Å²) in [5, 5.41) is 21.4. The lowest BCUT2D eigenvalue weighted by Crippen LogP contribution is -1.92. The minimum absolute atomic E-state index is 0.0469. The van der Waals surface area contributed by atoms with Crippen LogP contribution in [-0.2, 0) is 0 Å². The number of furan rings is 1. The van der Waals surface area contributed by atoms with Gasteiger partial charge < -0.3 is 4.42 Å². The van der Waals surface area contributed by atoms with Crippen molar-refractivity contribution >= 4 is 22.3 Å². The van der Waals surface area contributed by atoms with Crippen molar-refractivity contribution in [2.24, 2.45) is 0 Å². The van der Waals surface area contributed by atoms with Crippen LogP contribution >= 0.6 is 0 Å². The summed E-state index contributed by atoms with van der Waals surface area (Å²) < 4.78 is 4.88. The van der Waals surface area contributed by atoms with E-state index in [2.05, 4.69) is 0 Å². The standard InChI is InChI=1S/C8H4N2O5/c11-9(12)6-3-5-1-2-15-8(5)7(4-6)10(13)14/h1-4H. The van der Waals surface area contributed by atoms with Gasteiger partial charge in [-0.3, -0.25) is 20.2 Å². The number of nitro benzene ring substituents is 2. The Kier molecular flexibility index (Phi) is 1.86. The Morgan fingerprint density at radius 3 is 2.47 bits per heavy atom. The molecular weight excluding hydrogens is 204 g/mol. The number of hydrogen-bond acceptors (Lipinski definition) is 5. The van der Waals surface area contributed by atoms with E-state index >= 15 is 0 Å². The lowest BCUT2D eigenvalue weighted by atomic mass is 10.2. The molecule has 1 aromatic heterocycles. The average molecular weight is 208 g/mol. The van der Waals surface area contributed by atoms with E-state index in [4.69, 9.17) is 4.42 Å². The smallest absolute Gasteiger partial charge is 0.319 e. The van der Waals surface area contributed by atoms with E-state index in [-0.39, 0.29) is 11.3 Å². The normalized spacial score (nSPS) is 10.4. The fraction of sp³-hybridized carbons (Fsp3) is 0. The van der Waals surface area contributed by atoms with Gasteiger partial charge in [-0.05, 0) is 6.07 Å². The van der Waals surface area contributed by atoms with Crippen LogP contribution < -0.4 is 0 Å². The molecule has 76 valence electrons. The van der Waals surface area contributed by atoms with Crippen molar-refractivity contribution in [3.8, 4) is 0 Å². The van der Waals surface area contributed by atoms with Crippen molar-refractivity contribution in [1.29, 1.82) is 0 Å². The van der Waals surface area contributed by atoms with Gasteiger partial charge in [0.2, 0.25) is 5.58 Å². The maximum atomic E-state index is 10.6. The van der Waals surface area contributed by atoms with E-state index in [1.165, 1.54) is 18.4 Å². The predicted molar refractivity (Wildman–Crippen MR) is 49.5 cm³/mol. The first-order valence-corrected chi connectivity index (χ1v) is 3.89. The van der Waals surface area contributed by atoms with Gasteiger partial charge in [-0.25, -0.2) is 0 Å². The highest BCUT2D eigenvalue weighted by atomic mass is 16.6. The molecule has 0 aliphatic rings. The zero-order chi connectivity index (χ0) is 11.0. The average Bonchev–Trinajstić information content (AvgIpc) is 2.62. The van der Waals surface area contributed by atoms with Gasteiger partial charge in [0.05, 0.1) is 22.2 Å². The van der Waals surface area contributed by atoms with Crippen molar-refractivity contribution in [2.75, 3.05) is 0 Å². The number of benzene rings is 1. The fourth-order valence-corrected chi connectivity index (χ4v) is 1.29. The first-order chi connectivity index (χ1) is 7.09. The molecule has 15 heavy (non-hydrogen) atoms. The molecule has 1 heterocycles. The van der Waals surface area contributed by atoms with E-state index in [1.807, 2.05) is 0 Å². The summed E-state index contributed by atoms with van der Waals surface area (Å²) in [4.78, 5) is 19.7. The van der Waals surface area contributed by atoms with Crippen molar-refractivity contribution in [3.63, 3.8) is 0 Å². The molecule has 0 aliphatic carbocycles. The second kappa shape index (κ2) is 3.05. The molecule has 0 saturated carbocycles. The van der Waals surface area contributed by atoms with Gasteiger partial charge in [0.25, 0.3) is 5.69 Å². The third-order valence-electron chi connectivity index (χ3n) is 1.92. The van der Waals surface area contributed by atoms with Gasteiger partial charge in [0.1, 0.15) is 0 Å². The monoisotopic (exact) mass is 208 g/mol. The van der Waals surface area contributed by atoms with Crippen LogP contribution in [-0.4, -0.2) is 9.85 Å². The lowest BCUT2D eigenvalue weighted by molar-refractivity contribution is -0.393. The van der Waals surface area contributed by atoms with Crippen LogP contribution in [0.2, 0.25) is 0 Å². The fourth-order valence-electron chi connectivity index (χ4n) is 1.29. The molecule has 0 atom stereocenters. The van der Waals surface area contributed by atoms with Gasteiger partial charge in [-0.1, -0.05) is 0 Å². The maximum Gasteiger partial charge on any atom is 0.319 e. The molecule has 7 nitrogen and oxygen atoms in total. The summed E-state index contributed by atoms with van der Waals surface area (Å²) in [5.41, 5.74) is -0.676. The topological polar surface area (TPSA) is 99.4 Å². The number of nitro groups is 2. The second-order valence-corrected chi connectivity index (χ2v) is 2.82. The van der Waals surface area contributed by atoms with Gasteiger partial charge in [-0.15, -0.1) is 0 Å². The summed E-state index contributed by atoms with van der Waals surface area (Å²) in [6, 6.07) is 3.55. The molecule has 0 radical (unpaired) electrons. The molecule has 2 aromatic rings. The number of non-ortho nitro benzene ring substituents is 2. The molecule has 0 fully saturated rings. The van der Waals surface area contributed by atoms with Crippen LogP contribution in [0.25, 0.3) is 11.0 Å². The third kappa shape index (κ3) is 1.39. The van der Waals surface area contributed by atoms with Crippen molar-refractivity contribution in [2.45, 2.75) is 0 Å². The molecule has 7 heteroatoms. The Balaban J connectivity index is 2.80. The summed E-state index contributed by atoms with van der Waals surface area (Å²) in [6.45, 7) is 0. The molecule has 0 bridgehead atoms. The zero-order valence-corrected chi connectivity index (χ0v) is 7.25. The van der Waals surface area contributed by atoms with Gasteiger partial charge in [-0.2, -0.15) is 0 Å². The third-order valence-corrected chi connectivity index (χ3v) is 1.92. The van der Waals surface area contributed by atoms with Gasteiger partial charge in [0.15, 0.2) is 0 Å². The molecule has 0 unspecified atom stereocenters. The molecule has 1 aromatic carbocycles. The zero-order valence-electron chi connectivity index (χ0n) is 7.25. The number of rotatable bonds is 2. The first kappa shape index (κ1) is 9.13. The van der Waals surface area contributed by atoms with Crippen LogP contribution in [0.15, 0.2) is 28.9 Å². The molecule has 0 saturated heterocycles. The summed E-state index contributed by atoms with van der Waals surface area (Å²) in [5.74, 6) is 0. The van der Waals surface area contributed by atoms with E-state index in [9.17, 15) is 20.2 Å². The predicted octanol–water partition coefficient (Wildman–Crippen LogP) is 2.25. The molecule has 2 rings (SSSR count). The summed E-state index contributed by atoms with van der Waals surface area (Å²) in [6.07, 6.45) is 1.25. The van der Waals surface area contributed by atoms with Gasteiger partial charge >= 0.3 is 5.69 Å². The highest BCUT2D eigenvalue weighted by molar-refractivity contribution is 5.88. The molecular formula is C8H4N2O5. The highest BCUT2D eigenvalue weighted by Crippen LogP contribution is 2.31. The van der Waals surface area contributed by atoms with Gasteiger partial charge in [0, 0.05) is 11.5 Å². The van der Waals surface area contributed by atoms with Crippen LogP contribution in [0.4, 0.5) is 11.4 Å². The first-order valence-electron chi connectivity index (χ1n) is 3.89. The Morgan fingerprint density at radius 2 is 1.87 bits per heavy atom. The largest absolute Gasteiger partial charge is 0.457 e. The van der Waals surface area contributed by atoms with Crippen LogP contribution in [0.5, 0.6) is 0 Å². The van der Waals surface area contributed by atoms with E-state index in [0.29, 0.717) is 5.39 Å². The Bertz CT molecular complexity index is 559. The quantitative estimate of drug-likeness (QED) is 0.556.